The number of nitrogens with one attached hydrogen (secondary N) is 1. The highest BCUT2D eigenvalue weighted by atomic mass is 35.5. The number of benzene rings is 1. The van der Waals surface area contributed by atoms with Gasteiger partial charge in [-0.05, 0) is 30.2 Å². The zero-order valence-corrected chi connectivity index (χ0v) is 11.9. The van der Waals surface area contributed by atoms with Crippen molar-refractivity contribution >= 4 is 17.6 Å². The van der Waals surface area contributed by atoms with Crippen molar-refractivity contribution in [3.05, 3.63) is 58.5 Å². The lowest BCUT2D eigenvalue weighted by Crippen LogP contribution is -2.19. The highest BCUT2D eigenvalue weighted by molar-refractivity contribution is 6.30. The van der Waals surface area contributed by atoms with Crippen molar-refractivity contribution in [1.29, 1.82) is 0 Å². The molecule has 0 saturated carbocycles. The Morgan fingerprint density at radius 1 is 1.40 bits per heavy atom. The third kappa shape index (κ3) is 3.62. The Morgan fingerprint density at radius 3 is 2.65 bits per heavy atom. The highest BCUT2D eigenvalue weighted by Gasteiger charge is 2.12. The minimum Gasteiger partial charge on any atom is -0.478 e. The molecule has 2 aromatic rings. The predicted molar refractivity (Wildman–Crippen MR) is 77.0 cm³/mol. The Hall–Kier alpha value is -1.78. The maximum absolute atomic E-state index is 10.8. The second-order valence-corrected chi connectivity index (χ2v) is 4.94. The van der Waals surface area contributed by atoms with Gasteiger partial charge in [-0.15, -0.1) is 0 Å². The standard InChI is InChI=1S/C15H16ClNO3/c1-2-14(10-3-5-12(16)6-4-10)17-8-13-7-11(9-20-13)15(18)19/h3-7,9,14,17H,2,8H2,1H3,(H,18,19). The maximum Gasteiger partial charge on any atom is 0.338 e. The number of carboxylic acids is 1. The molecule has 0 aliphatic heterocycles. The Morgan fingerprint density at radius 2 is 2.10 bits per heavy atom. The molecule has 1 atom stereocenters. The molecule has 0 aliphatic rings. The molecule has 20 heavy (non-hydrogen) atoms. The molecule has 0 bridgehead atoms. The Kier molecular flexibility index (Phi) is 4.82. The first-order valence-electron chi connectivity index (χ1n) is 6.39. The second kappa shape index (κ2) is 6.59. The lowest BCUT2D eigenvalue weighted by atomic mass is 10.0. The van der Waals surface area contributed by atoms with Crippen molar-refractivity contribution in [2.75, 3.05) is 0 Å². The summed E-state index contributed by atoms with van der Waals surface area (Å²) in [5.74, 6) is -0.375. The molecule has 2 rings (SSSR count). The number of carbonyl (C=O) groups is 1. The number of hydrogen-bond donors (Lipinski definition) is 2. The molecule has 1 heterocycles. The Balaban J connectivity index is 1.99. The summed E-state index contributed by atoms with van der Waals surface area (Å²) in [4.78, 5) is 10.8. The van der Waals surface area contributed by atoms with Gasteiger partial charge in [-0.2, -0.15) is 0 Å². The van der Waals surface area contributed by atoms with E-state index in [9.17, 15) is 4.79 Å². The molecule has 5 heteroatoms. The van der Waals surface area contributed by atoms with Gasteiger partial charge >= 0.3 is 5.97 Å². The lowest BCUT2D eigenvalue weighted by Gasteiger charge is -2.16. The predicted octanol–water partition coefficient (Wildman–Crippen LogP) is 3.87. The number of aromatic carboxylic acids is 1. The molecule has 4 nitrogen and oxygen atoms in total. The van der Waals surface area contributed by atoms with E-state index >= 15 is 0 Å². The first-order valence-corrected chi connectivity index (χ1v) is 6.77. The second-order valence-electron chi connectivity index (χ2n) is 4.50. The first kappa shape index (κ1) is 14.6. The zero-order valence-electron chi connectivity index (χ0n) is 11.1. The third-order valence-electron chi connectivity index (χ3n) is 3.10. The quantitative estimate of drug-likeness (QED) is 0.848. The van der Waals surface area contributed by atoms with Crippen LogP contribution in [0.5, 0.6) is 0 Å². The van der Waals surface area contributed by atoms with Crippen LogP contribution in [0.2, 0.25) is 5.02 Å². The number of rotatable bonds is 6. The summed E-state index contributed by atoms with van der Waals surface area (Å²) < 4.78 is 5.21. The molecule has 0 amide bonds. The van der Waals surface area contributed by atoms with Gasteiger partial charge in [-0.3, -0.25) is 0 Å². The fourth-order valence-corrected chi connectivity index (χ4v) is 2.13. The van der Waals surface area contributed by atoms with Gasteiger partial charge in [-0.25, -0.2) is 4.79 Å². The van der Waals surface area contributed by atoms with Crippen LogP contribution in [0.3, 0.4) is 0 Å². The van der Waals surface area contributed by atoms with E-state index in [1.54, 1.807) is 0 Å². The van der Waals surface area contributed by atoms with Crippen molar-refractivity contribution in [3.63, 3.8) is 0 Å². The van der Waals surface area contributed by atoms with Crippen LogP contribution < -0.4 is 5.32 Å². The van der Waals surface area contributed by atoms with Crippen LogP contribution in [0, 0.1) is 0 Å². The van der Waals surface area contributed by atoms with Gasteiger partial charge in [0.25, 0.3) is 0 Å². The average molecular weight is 294 g/mol. The molecule has 0 spiro atoms. The molecule has 106 valence electrons. The van der Waals surface area contributed by atoms with Gasteiger partial charge in [0.2, 0.25) is 0 Å². The van der Waals surface area contributed by atoms with Crippen LogP contribution in [0.25, 0.3) is 0 Å². The summed E-state index contributed by atoms with van der Waals surface area (Å²) in [5.41, 5.74) is 1.31. The van der Waals surface area contributed by atoms with Crippen molar-refractivity contribution in [3.8, 4) is 0 Å². The maximum atomic E-state index is 10.8. The lowest BCUT2D eigenvalue weighted by molar-refractivity contribution is 0.0696. The van der Waals surface area contributed by atoms with E-state index in [1.807, 2.05) is 24.3 Å². The van der Waals surface area contributed by atoms with Crippen LogP contribution in [0.4, 0.5) is 0 Å². The molecule has 0 aliphatic carbocycles. The summed E-state index contributed by atoms with van der Waals surface area (Å²) in [6, 6.07) is 9.38. The van der Waals surface area contributed by atoms with E-state index < -0.39 is 5.97 Å². The number of halogens is 1. The van der Waals surface area contributed by atoms with Crippen molar-refractivity contribution in [2.24, 2.45) is 0 Å². The van der Waals surface area contributed by atoms with Crippen molar-refractivity contribution in [2.45, 2.75) is 25.9 Å². The number of hydrogen-bond acceptors (Lipinski definition) is 3. The van der Waals surface area contributed by atoms with E-state index in [4.69, 9.17) is 21.1 Å². The SMILES string of the molecule is CCC(NCc1cc(C(=O)O)co1)c1ccc(Cl)cc1. The normalized spacial score (nSPS) is 12.3. The zero-order chi connectivity index (χ0) is 14.5. The number of furan rings is 1. The minimum atomic E-state index is -0.982. The van der Waals surface area contributed by atoms with E-state index in [-0.39, 0.29) is 11.6 Å². The summed E-state index contributed by atoms with van der Waals surface area (Å²) in [6.45, 7) is 2.56. The third-order valence-corrected chi connectivity index (χ3v) is 3.36. The Labute approximate surface area is 122 Å². The molecule has 1 aromatic carbocycles. The molecule has 0 radical (unpaired) electrons. The van der Waals surface area contributed by atoms with E-state index in [2.05, 4.69) is 12.2 Å². The Bertz CT molecular complexity index is 577. The molecular formula is C15H16ClNO3. The largest absolute Gasteiger partial charge is 0.478 e. The summed E-state index contributed by atoms with van der Waals surface area (Å²) in [6.07, 6.45) is 2.16. The van der Waals surface area contributed by atoms with Gasteiger partial charge in [-0.1, -0.05) is 30.7 Å². The highest BCUT2D eigenvalue weighted by Crippen LogP contribution is 2.20. The van der Waals surface area contributed by atoms with E-state index in [0.29, 0.717) is 17.3 Å². The van der Waals surface area contributed by atoms with Crippen LogP contribution >= 0.6 is 11.6 Å². The van der Waals surface area contributed by atoms with Crippen LogP contribution in [0.1, 0.15) is 41.1 Å². The van der Waals surface area contributed by atoms with Crippen LogP contribution in [-0.4, -0.2) is 11.1 Å². The van der Waals surface area contributed by atoms with Gasteiger partial charge in [0.15, 0.2) is 0 Å². The topological polar surface area (TPSA) is 62.5 Å². The van der Waals surface area contributed by atoms with Gasteiger partial charge in [0.1, 0.15) is 12.0 Å². The summed E-state index contributed by atoms with van der Waals surface area (Å²) in [7, 11) is 0. The number of carboxylic acid groups (broad SMARTS) is 1. The fraction of sp³-hybridized carbons (Fsp3) is 0.267. The minimum absolute atomic E-state index is 0.168. The van der Waals surface area contributed by atoms with Crippen molar-refractivity contribution < 1.29 is 14.3 Å². The van der Waals surface area contributed by atoms with Gasteiger partial charge < -0.3 is 14.8 Å². The first-order chi connectivity index (χ1) is 9.60. The molecule has 0 saturated heterocycles. The molecule has 1 aromatic heterocycles. The summed E-state index contributed by atoms with van der Waals surface area (Å²) >= 11 is 5.87. The van der Waals surface area contributed by atoms with Crippen LogP contribution in [0.15, 0.2) is 41.0 Å². The smallest absolute Gasteiger partial charge is 0.338 e. The molecule has 0 fully saturated rings. The van der Waals surface area contributed by atoms with E-state index in [1.165, 1.54) is 12.3 Å². The average Bonchev–Trinajstić information content (AvgIpc) is 2.90. The van der Waals surface area contributed by atoms with Gasteiger partial charge in [0.05, 0.1) is 12.1 Å². The summed E-state index contributed by atoms with van der Waals surface area (Å²) in [5, 5.41) is 12.9. The van der Waals surface area contributed by atoms with Crippen molar-refractivity contribution in [1.82, 2.24) is 5.32 Å². The molecule has 2 N–H and O–H groups in total. The molecular weight excluding hydrogens is 278 g/mol. The van der Waals surface area contributed by atoms with Gasteiger partial charge in [0, 0.05) is 11.1 Å². The molecule has 1 unspecified atom stereocenters. The monoisotopic (exact) mass is 293 g/mol. The van der Waals surface area contributed by atoms with Crippen LogP contribution in [-0.2, 0) is 6.54 Å². The fourth-order valence-electron chi connectivity index (χ4n) is 2.00. The van der Waals surface area contributed by atoms with E-state index in [0.717, 1.165) is 12.0 Å².